The number of hydrazine groups is 1. The third-order valence-electron chi connectivity index (χ3n) is 4.28. The van der Waals surface area contributed by atoms with Crippen molar-refractivity contribution in [1.29, 1.82) is 0 Å². The number of nitrogens with zero attached hydrogens (tertiary/aromatic N) is 1. The molecule has 2 amide bonds. The van der Waals surface area contributed by atoms with E-state index in [-0.39, 0.29) is 35.5 Å². The van der Waals surface area contributed by atoms with Crippen LogP contribution in [-0.4, -0.2) is 55.8 Å². The van der Waals surface area contributed by atoms with Crippen LogP contribution in [0, 0.1) is 5.92 Å². The minimum Gasteiger partial charge on any atom is -0.379 e. The van der Waals surface area contributed by atoms with Gasteiger partial charge in [0.1, 0.15) is 10.6 Å². The van der Waals surface area contributed by atoms with Crippen molar-refractivity contribution < 1.29 is 22.7 Å². The van der Waals surface area contributed by atoms with Crippen LogP contribution in [0.4, 0.5) is 0 Å². The molecule has 10 heteroatoms. The van der Waals surface area contributed by atoms with Crippen molar-refractivity contribution in [2.45, 2.75) is 24.2 Å². The van der Waals surface area contributed by atoms with Crippen molar-refractivity contribution in [3.63, 3.8) is 0 Å². The molecule has 0 unspecified atom stereocenters. The average molecular weight is 356 g/mol. The Morgan fingerprint density at radius 1 is 1.21 bits per heavy atom. The third-order valence-corrected chi connectivity index (χ3v) is 6.16. The summed E-state index contributed by atoms with van der Waals surface area (Å²) in [7, 11) is -3.66. The molecule has 0 spiro atoms. The summed E-state index contributed by atoms with van der Waals surface area (Å²) in [5.41, 5.74) is 4.72. The lowest BCUT2D eigenvalue weighted by atomic mass is 9.85. The first-order chi connectivity index (χ1) is 11.5. The predicted molar refractivity (Wildman–Crippen MR) is 83.3 cm³/mol. The van der Waals surface area contributed by atoms with Gasteiger partial charge in [0.05, 0.1) is 13.2 Å². The molecule has 0 radical (unpaired) electrons. The number of aromatic amines is 1. The lowest BCUT2D eigenvalue weighted by Gasteiger charge is -2.25. The Morgan fingerprint density at radius 3 is 2.54 bits per heavy atom. The van der Waals surface area contributed by atoms with Gasteiger partial charge in [-0.3, -0.25) is 20.4 Å². The average Bonchev–Trinajstić information content (AvgIpc) is 3.02. The third kappa shape index (κ3) is 3.45. The highest BCUT2D eigenvalue weighted by Gasteiger charge is 2.28. The van der Waals surface area contributed by atoms with E-state index in [1.807, 2.05) is 0 Å². The Morgan fingerprint density at radius 2 is 1.92 bits per heavy atom. The number of nitrogens with one attached hydrogen (secondary N) is 3. The Hall–Kier alpha value is -1.91. The Kier molecular flexibility index (Phi) is 4.88. The first kappa shape index (κ1) is 16.9. The van der Waals surface area contributed by atoms with Gasteiger partial charge in [0.25, 0.3) is 5.91 Å². The van der Waals surface area contributed by atoms with Gasteiger partial charge >= 0.3 is 0 Å². The van der Waals surface area contributed by atoms with Crippen molar-refractivity contribution in [2.75, 3.05) is 26.3 Å². The van der Waals surface area contributed by atoms with Gasteiger partial charge in [-0.2, -0.15) is 4.31 Å². The predicted octanol–water partition coefficient (Wildman–Crippen LogP) is -0.403. The van der Waals surface area contributed by atoms with Gasteiger partial charge < -0.3 is 9.72 Å². The molecule has 24 heavy (non-hydrogen) atoms. The molecule has 1 saturated carbocycles. The summed E-state index contributed by atoms with van der Waals surface area (Å²) in [6.07, 6.45) is 3.94. The summed E-state index contributed by atoms with van der Waals surface area (Å²) in [5, 5.41) is 0. The number of carbonyl (C=O) groups is 2. The zero-order valence-corrected chi connectivity index (χ0v) is 13.9. The SMILES string of the molecule is O=C(NNC(=O)C1CCC1)c1cc(S(=O)(=O)N2CCOCC2)c[nH]1. The zero-order valence-electron chi connectivity index (χ0n) is 13.1. The molecule has 0 atom stereocenters. The maximum absolute atomic E-state index is 12.5. The highest BCUT2D eigenvalue weighted by Crippen LogP contribution is 2.25. The fourth-order valence-electron chi connectivity index (χ4n) is 2.55. The van der Waals surface area contributed by atoms with Crippen LogP contribution in [-0.2, 0) is 19.6 Å². The summed E-state index contributed by atoms with van der Waals surface area (Å²) in [6, 6.07) is 1.26. The number of carbonyl (C=O) groups excluding carboxylic acids is 2. The highest BCUT2D eigenvalue weighted by molar-refractivity contribution is 7.89. The molecule has 1 aromatic rings. The molecule has 2 fully saturated rings. The van der Waals surface area contributed by atoms with Crippen LogP contribution in [0.1, 0.15) is 29.8 Å². The Labute approximate surface area is 139 Å². The van der Waals surface area contributed by atoms with E-state index in [0.29, 0.717) is 13.2 Å². The van der Waals surface area contributed by atoms with E-state index >= 15 is 0 Å². The number of ether oxygens (including phenoxy) is 1. The van der Waals surface area contributed by atoms with Gasteiger partial charge in [-0.1, -0.05) is 6.42 Å². The molecule has 1 aliphatic carbocycles. The second-order valence-electron chi connectivity index (χ2n) is 5.84. The number of hydrogen-bond donors (Lipinski definition) is 3. The van der Waals surface area contributed by atoms with E-state index in [0.717, 1.165) is 19.3 Å². The van der Waals surface area contributed by atoms with Crippen LogP contribution in [0.25, 0.3) is 0 Å². The summed E-state index contributed by atoms with van der Waals surface area (Å²) < 4.78 is 31.4. The van der Waals surface area contributed by atoms with Gasteiger partial charge in [-0.25, -0.2) is 8.42 Å². The van der Waals surface area contributed by atoms with E-state index in [4.69, 9.17) is 4.74 Å². The van der Waals surface area contributed by atoms with Crippen molar-refractivity contribution in [2.24, 2.45) is 5.92 Å². The molecule has 1 aliphatic heterocycles. The van der Waals surface area contributed by atoms with E-state index in [1.165, 1.54) is 16.6 Å². The molecule has 1 aromatic heterocycles. The normalized spacial score (nSPS) is 19.5. The van der Waals surface area contributed by atoms with E-state index < -0.39 is 15.9 Å². The minimum atomic E-state index is -3.66. The van der Waals surface area contributed by atoms with Crippen molar-refractivity contribution in [1.82, 2.24) is 20.1 Å². The Bertz CT molecular complexity index is 719. The minimum absolute atomic E-state index is 0.0138. The number of amides is 2. The summed E-state index contributed by atoms with van der Waals surface area (Å²) in [4.78, 5) is 26.3. The smallest absolute Gasteiger partial charge is 0.286 e. The molecule has 132 valence electrons. The number of hydrogen-bond acceptors (Lipinski definition) is 5. The number of rotatable bonds is 4. The van der Waals surface area contributed by atoms with Gasteiger partial charge in [0, 0.05) is 25.2 Å². The molecule has 3 N–H and O–H groups in total. The molecule has 1 saturated heterocycles. The van der Waals surface area contributed by atoms with E-state index in [2.05, 4.69) is 15.8 Å². The summed E-state index contributed by atoms with van der Waals surface area (Å²) in [6.45, 7) is 1.27. The van der Waals surface area contributed by atoms with Crippen molar-refractivity contribution >= 4 is 21.8 Å². The largest absolute Gasteiger partial charge is 0.379 e. The van der Waals surface area contributed by atoms with Gasteiger partial charge in [-0.05, 0) is 18.9 Å². The summed E-state index contributed by atoms with van der Waals surface area (Å²) >= 11 is 0. The molecular weight excluding hydrogens is 336 g/mol. The molecule has 3 rings (SSSR count). The molecular formula is C14H20N4O5S. The molecule has 2 heterocycles. The van der Waals surface area contributed by atoms with Gasteiger partial charge in [-0.15, -0.1) is 0 Å². The second kappa shape index (κ2) is 6.91. The second-order valence-corrected chi connectivity index (χ2v) is 7.77. The lowest BCUT2D eigenvalue weighted by Crippen LogP contribution is -2.46. The topological polar surface area (TPSA) is 121 Å². The van der Waals surface area contributed by atoms with E-state index in [9.17, 15) is 18.0 Å². The standard InChI is InChI=1S/C14H20N4O5S/c19-13(10-2-1-3-10)16-17-14(20)12-8-11(9-15-12)24(21,22)18-4-6-23-7-5-18/h8-10,15H,1-7H2,(H,16,19)(H,17,20). The maximum Gasteiger partial charge on any atom is 0.286 e. The van der Waals surface area contributed by atoms with Gasteiger partial charge in [0.15, 0.2) is 0 Å². The first-order valence-electron chi connectivity index (χ1n) is 7.85. The number of aromatic nitrogens is 1. The van der Waals surface area contributed by atoms with Crippen molar-refractivity contribution in [3.8, 4) is 0 Å². The van der Waals surface area contributed by atoms with E-state index in [1.54, 1.807) is 0 Å². The number of sulfonamides is 1. The number of morpholine rings is 1. The fraction of sp³-hybridized carbons (Fsp3) is 0.571. The maximum atomic E-state index is 12.5. The van der Waals surface area contributed by atoms with Crippen LogP contribution < -0.4 is 10.9 Å². The molecule has 9 nitrogen and oxygen atoms in total. The quantitative estimate of drug-likeness (QED) is 0.634. The molecule has 0 bridgehead atoms. The van der Waals surface area contributed by atoms with Crippen LogP contribution in [0.2, 0.25) is 0 Å². The monoisotopic (exact) mass is 356 g/mol. The van der Waals surface area contributed by atoms with Crippen LogP contribution in [0.5, 0.6) is 0 Å². The Balaban J connectivity index is 1.61. The lowest BCUT2D eigenvalue weighted by molar-refractivity contribution is -0.128. The van der Waals surface area contributed by atoms with Crippen LogP contribution in [0.15, 0.2) is 17.2 Å². The van der Waals surface area contributed by atoms with Crippen LogP contribution >= 0.6 is 0 Å². The molecule has 2 aliphatic rings. The van der Waals surface area contributed by atoms with Crippen molar-refractivity contribution in [3.05, 3.63) is 18.0 Å². The zero-order chi connectivity index (χ0) is 17.2. The first-order valence-corrected chi connectivity index (χ1v) is 9.29. The highest BCUT2D eigenvalue weighted by atomic mass is 32.2. The van der Waals surface area contributed by atoms with Crippen LogP contribution in [0.3, 0.4) is 0 Å². The summed E-state index contributed by atoms with van der Waals surface area (Å²) in [5.74, 6) is -0.861. The fourth-order valence-corrected chi connectivity index (χ4v) is 3.95. The molecule has 0 aromatic carbocycles. The number of H-pyrrole nitrogens is 1. The van der Waals surface area contributed by atoms with Gasteiger partial charge in [0.2, 0.25) is 15.9 Å².